The number of carbonyl (C=O) groups excluding carboxylic acids is 3. The molecule has 0 aliphatic carbocycles. The van der Waals surface area contributed by atoms with E-state index in [9.17, 15) is 14.4 Å². The van der Waals surface area contributed by atoms with Crippen molar-refractivity contribution in [3.05, 3.63) is 23.8 Å². The number of amides is 3. The van der Waals surface area contributed by atoms with Gasteiger partial charge in [-0.3, -0.25) is 14.5 Å². The fourth-order valence-corrected chi connectivity index (χ4v) is 3.04. The number of ether oxygens (including phenoxy) is 1. The Morgan fingerprint density at radius 1 is 1.48 bits per heavy atom. The van der Waals surface area contributed by atoms with Crippen molar-refractivity contribution in [3.63, 3.8) is 0 Å². The van der Waals surface area contributed by atoms with Crippen LogP contribution >= 0.6 is 0 Å². The molecular weight excluding hydrogens is 298 g/mol. The smallest absolute Gasteiger partial charge is 0.414 e. The van der Waals surface area contributed by atoms with Gasteiger partial charge in [-0.2, -0.15) is 0 Å². The number of hydrogen-bond donors (Lipinski definition) is 1. The highest BCUT2D eigenvalue weighted by Crippen LogP contribution is 2.35. The third kappa shape index (κ3) is 2.86. The fourth-order valence-electron chi connectivity index (χ4n) is 3.04. The van der Waals surface area contributed by atoms with Gasteiger partial charge in [0.2, 0.25) is 12.3 Å². The number of rotatable bonds is 4. The topological polar surface area (TPSA) is 79.0 Å². The maximum absolute atomic E-state index is 12.1. The van der Waals surface area contributed by atoms with Crippen molar-refractivity contribution in [1.29, 1.82) is 0 Å². The van der Waals surface area contributed by atoms with Gasteiger partial charge in [-0.05, 0) is 31.0 Å². The monoisotopic (exact) mass is 317 g/mol. The molecule has 0 aromatic heterocycles. The Kier molecular flexibility index (Phi) is 3.94. The van der Waals surface area contributed by atoms with Gasteiger partial charge in [-0.1, -0.05) is 6.07 Å². The summed E-state index contributed by atoms with van der Waals surface area (Å²) >= 11 is 0. The molecule has 23 heavy (non-hydrogen) atoms. The molecule has 3 amide bonds. The molecule has 122 valence electrons. The van der Waals surface area contributed by atoms with Crippen LogP contribution in [0, 0.1) is 0 Å². The number of carbonyl (C=O) groups is 3. The zero-order valence-corrected chi connectivity index (χ0v) is 13.1. The zero-order chi connectivity index (χ0) is 16.6. The van der Waals surface area contributed by atoms with Crippen molar-refractivity contribution in [2.45, 2.75) is 32.4 Å². The Hall–Kier alpha value is -2.57. The maximum Gasteiger partial charge on any atom is 0.414 e. The Bertz CT molecular complexity index is 661. The number of fused-ring (bicyclic) bond motifs is 1. The van der Waals surface area contributed by atoms with Crippen molar-refractivity contribution in [2.24, 2.45) is 0 Å². The summed E-state index contributed by atoms with van der Waals surface area (Å²) in [5.74, 6) is -0.160. The Morgan fingerprint density at radius 2 is 2.26 bits per heavy atom. The first-order valence-electron chi connectivity index (χ1n) is 7.58. The van der Waals surface area contributed by atoms with Crippen LogP contribution in [0.25, 0.3) is 0 Å². The molecule has 1 aromatic carbocycles. The molecule has 2 heterocycles. The van der Waals surface area contributed by atoms with E-state index in [1.807, 2.05) is 25.1 Å². The van der Waals surface area contributed by atoms with Crippen LogP contribution in [0.2, 0.25) is 0 Å². The van der Waals surface area contributed by atoms with Crippen LogP contribution in [0.1, 0.15) is 19.4 Å². The molecule has 1 N–H and O–H groups in total. The van der Waals surface area contributed by atoms with Gasteiger partial charge in [0, 0.05) is 24.3 Å². The van der Waals surface area contributed by atoms with E-state index in [0.29, 0.717) is 18.8 Å². The molecule has 7 nitrogen and oxygen atoms in total. The second-order valence-electron chi connectivity index (χ2n) is 5.93. The minimum Gasteiger partial charge on any atom is -0.442 e. The highest BCUT2D eigenvalue weighted by Gasteiger charge is 2.34. The minimum absolute atomic E-state index is 0.121. The minimum atomic E-state index is -0.441. The van der Waals surface area contributed by atoms with Crippen molar-refractivity contribution in [1.82, 2.24) is 5.32 Å². The van der Waals surface area contributed by atoms with Gasteiger partial charge < -0.3 is 15.0 Å². The summed E-state index contributed by atoms with van der Waals surface area (Å²) in [6.45, 7) is 4.07. The lowest BCUT2D eigenvalue weighted by atomic mass is 10.1. The molecule has 1 fully saturated rings. The number of hydrogen-bond acceptors (Lipinski definition) is 4. The summed E-state index contributed by atoms with van der Waals surface area (Å²) in [5, 5.41) is 2.65. The molecule has 3 rings (SSSR count). The van der Waals surface area contributed by atoms with Gasteiger partial charge in [0.25, 0.3) is 0 Å². The predicted molar refractivity (Wildman–Crippen MR) is 84.4 cm³/mol. The molecule has 0 saturated carbocycles. The molecule has 0 radical (unpaired) electrons. The predicted octanol–water partition coefficient (Wildman–Crippen LogP) is 1.06. The average Bonchev–Trinajstić information content (AvgIpc) is 3.03. The van der Waals surface area contributed by atoms with Crippen LogP contribution in [0.3, 0.4) is 0 Å². The summed E-state index contributed by atoms with van der Waals surface area (Å²) in [4.78, 5) is 37.5. The van der Waals surface area contributed by atoms with Crippen LogP contribution < -0.4 is 15.1 Å². The van der Waals surface area contributed by atoms with E-state index in [4.69, 9.17) is 4.74 Å². The van der Waals surface area contributed by atoms with Gasteiger partial charge in [0.15, 0.2) is 0 Å². The number of nitrogens with zero attached hydrogens (tertiary/aromatic N) is 2. The van der Waals surface area contributed by atoms with Gasteiger partial charge in [0.05, 0.1) is 13.1 Å². The normalized spacial score (nSPS) is 22.8. The summed E-state index contributed by atoms with van der Waals surface area (Å²) in [7, 11) is 0. The fraction of sp³-hybridized carbons (Fsp3) is 0.438. The third-order valence-corrected chi connectivity index (χ3v) is 4.22. The average molecular weight is 317 g/mol. The molecule has 1 aromatic rings. The number of benzene rings is 1. The van der Waals surface area contributed by atoms with Crippen molar-refractivity contribution < 1.29 is 19.1 Å². The van der Waals surface area contributed by atoms with Crippen LogP contribution in [0.4, 0.5) is 16.2 Å². The number of cyclic esters (lactones) is 1. The Morgan fingerprint density at radius 3 is 2.96 bits per heavy atom. The molecule has 2 aliphatic rings. The molecular formula is C16H19N3O4. The van der Waals surface area contributed by atoms with Crippen molar-refractivity contribution >= 4 is 29.8 Å². The van der Waals surface area contributed by atoms with E-state index in [0.717, 1.165) is 24.1 Å². The second kappa shape index (κ2) is 5.91. The number of nitrogens with one attached hydrogen (secondary N) is 1. The lowest BCUT2D eigenvalue weighted by molar-refractivity contribution is -0.119. The van der Waals surface area contributed by atoms with E-state index in [1.54, 1.807) is 4.90 Å². The Balaban J connectivity index is 1.78. The number of anilines is 2. The lowest BCUT2D eigenvalue weighted by Crippen LogP contribution is -2.33. The van der Waals surface area contributed by atoms with Crippen molar-refractivity contribution in [2.75, 3.05) is 22.9 Å². The van der Waals surface area contributed by atoms with Crippen LogP contribution in [0.15, 0.2) is 18.2 Å². The summed E-state index contributed by atoms with van der Waals surface area (Å²) < 4.78 is 5.26. The van der Waals surface area contributed by atoms with E-state index in [1.165, 1.54) is 11.8 Å². The SMILES string of the molecule is CC(=O)NC[C@H]1CN(c2ccc3c(c2)N(C=O)[C@H](C)C3)C(=O)O1. The van der Waals surface area contributed by atoms with E-state index in [2.05, 4.69) is 5.32 Å². The first-order valence-corrected chi connectivity index (χ1v) is 7.58. The van der Waals surface area contributed by atoms with E-state index in [-0.39, 0.29) is 18.1 Å². The van der Waals surface area contributed by atoms with Gasteiger partial charge in [0.1, 0.15) is 6.10 Å². The van der Waals surface area contributed by atoms with E-state index < -0.39 is 6.09 Å². The molecule has 0 bridgehead atoms. The van der Waals surface area contributed by atoms with Crippen LogP contribution in [-0.2, 0) is 20.7 Å². The molecule has 7 heteroatoms. The molecule has 2 aliphatic heterocycles. The maximum atomic E-state index is 12.1. The lowest BCUT2D eigenvalue weighted by Gasteiger charge is -2.19. The molecule has 1 saturated heterocycles. The highest BCUT2D eigenvalue weighted by molar-refractivity contribution is 5.92. The first kappa shape index (κ1) is 15.3. The molecule has 0 unspecified atom stereocenters. The van der Waals surface area contributed by atoms with Crippen LogP contribution in [-0.4, -0.2) is 43.6 Å². The molecule has 2 atom stereocenters. The van der Waals surface area contributed by atoms with Gasteiger partial charge in [-0.15, -0.1) is 0 Å². The molecule has 0 spiro atoms. The first-order chi connectivity index (χ1) is 11.0. The van der Waals surface area contributed by atoms with E-state index >= 15 is 0 Å². The summed E-state index contributed by atoms with van der Waals surface area (Å²) in [6, 6.07) is 5.77. The van der Waals surface area contributed by atoms with Crippen molar-refractivity contribution in [3.8, 4) is 0 Å². The standard InChI is InChI=1S/C16H19N3O4/c1-10-5-12-3-4-13(6-15(12)19(10)9-20)18-8-14(23-16(18)22)7-17-11(2)21/h3-4,6,9-10,14H,5,7-8H2,1-2H3,(H,17,21)/t10-,14+/m1/s1. The third-order valence-electron chi connectivity index (χ3n) is 4.22. The van der Waals surface area contributed by atoms with Gasteiger partial charge >= 0.3 is 6.09 Å². The summed E-state index contributed by atoms with van der Waals surface area (Å²) in [6.07, 6.45) is 0.816. The Labute approximate surface area is 134 Å². The quantitative estimate of drug-likeness (QED) is 0.842. The van der Waals surface area contributed by atoms with Gasteiger partial charge in [-0.25, -0.2) is 4.79 Å². The highest BCUT2D eigenvalue weighted by atomic mass is 16.6. The summed E-state index contributed by atoms with van der Waals surface area (Å²) in [5.41, 5.74) is 2.62. The van der Waals surface area contributed by atoms with Crippen LogP contribution in [0.5, 0.6) is 0 Å². The second-order valence-corrected chi connectivity index (χ2v) is 5.93. The largest absolute Gasteiger partial charge is 0.442 e. The zero-order valence-electron chi connectivity index (χ0n) is 13.1.